The Morgan fingerprint density at radius 1 is 1.18 bits per heavy atom. The minimum atomic E-state index is -0.398. The van der Waals surface area contributed by atoms with Gasteiger partial charge in [-0.25, -0.2) is 15.0 Å². The molecular weight excluding hydrogens is 434 g/mol. The largest absolute Gasteiger partial charge is 0.497 e. The Morgan fingerprint density at radius 2 is 2.00 bits per heavy atom. The lowest BCUT2D eigenvalue weighted by atomic mass is 10.1. The molecule has 0 spiro atoms. The minimum Gasteiger partial charge on any atom is -0.497 e. The first-order valence-electron chi connectivity index (χ1n) is 10.5. The third-order valence-electron chi connectivity index (χ3n) is 5.35. The number of nitrogens with zero attached hydrogens (tertiary/aromatic N) is 5. The molecule has 4 aromatic rings. The number of pyridine rings is 2. The predicted molar refractivity (Wildman–Crippen MR) is 128 cm³/mol. The van der Waals surface area contributed by atoms with Crippen LogP contribution in [0.4, 0.5) is 17.3 Å². The Morgan fingerprint density at radius 3 is 2.71 bits per heavy atom. The van der Waals surface area contributed by atoms with Crippen LogP contribution in [0, 0.1) is 11.3 Å². The second kappa shape index (κ2) is 9.46. The van der Waals surface area contributed by atoms with Crippen molar-refractivity contribution in [3.63, 3.8) is 0 Å². The van der Waals surface area contributed by atoms with Gasteiger partial charge in [0.1, 0.15) is 34.6 Å². The van der Waals surface area contributed by atoms with Crippen LogP contribution in [0.2, 0.25) is 0 Å². The second-order valence-electron chi connectivity index (χ2n) is 7.42. The third kappa shape index (κ3) is 4.31. The molecule has 0 radical (unpaired) electrons. The molecule has 10 nitrogen and oxygen atoms in total. The van der Waals surface area contributed by atoms with Crippen LogP contribution in [0.15, 0.2) is 42.9 Å². The molecule has 34 heavy (non-hydrogen) atoms. The summed E-state index contributed by atoms with van der Waals surface area (Å²) in [5.41, 5.74) is 3.64. The van der Waals surface area contributed by atoms with E-state index in [-0.39, 0.29) is 0 Å². The van der Waals surface area contributed by atoms with E-state index in [9.17, 15) is 4.79 Å². The third-order valence-corrected chi connectivity index (χ3v) is 5.35. The van der Waals surface area contributed by atoms with Gasteiger partial charge in [0.25, 0.3) is 5.91 Å². The van der Waals surface area contributed by atoms with Crippen LogP contribution in [-0.2, 0) is 13.5 Å². The lowest BCUT2D eigenvalue weighted by Gasteiger charge is -2.14. The Bertz CT molecular complexity index is 1420. The topological polar surface area (TPSA) is 127 Å². The van der Waals surface area contributed by atoms with Gasteiger partial charge in [0.05, 0.1) is 43.5 Å². The highest BCUT2D eigenvalue weighted by atomic mass is 16.5. The lowest BCUT2D eigenvalue weighted by Crippen LogP contribution is -2.15. The normalized spacial score (nSPS) is 10.6. The fourth-order valence-electron chi connectivity index (χ4n) is 3.54. The first-order chi connectivity index (χ1) is 16.5. The van der Waals surface area contributed by atoms with Crippen molar-refractivity contribution in [3.8, 4) is 17.6 Å². The Balaban J connectivity index is 1.72. The zero-order valence-corrected chi connectivity index (χ0v) is 19.2. The molecule has 4 rings (SSSR count). The summed E-state index contributed by atoms with van der Waals surface area (Å²) in [6, 6.07) is 10.6. The molecule has 0 aliphatic heterocycles. The number of fused-ring (bicyclic) bond motifs is 1. The number of aryl methyl sites for hydroxylation is 2. The maximum Gasteiger partial charge on any atom is 0.260 e. The smallest absolute Gasteiger partial charge is 0.260 e. The van der Waals surface area contributed by atoms with Crippen LogP contribution < -0.4 is 20.1 Å². The molecule has 1 aromatic carbocycles. The van der Waals surface area contributed by atoms with Gasteiger partial charge in [0.15, 0.2) is 5.82 Å². The number of rotatable bonds is 7. The number of methoxy groups -OCH3 is 2. The van der Waals surface area contributed by atoms with Gasteiger partial charge in [-0.1, -0.05) is 6.92 Å². The number of nitriles is 1. The molecular formula is C24H23N7O3. The average Bonchev–Trinajstić information content (AvgIpc) is 3.24. The fourth-order valence-corrected chi connectivity index (χ4v) is 3.54. The molecule has 0 saturated heterocycles. The summed E-state index contributed by atoms with van der Waals surface area (Å²) in [6.45, 7) is 1.99. The highest BCUT2D eigenvalue weighted by molar-refractivity contribution is 6.09. The van der Waals surface area contributed by atoms with Crippen molar-refractivity contribution in [1.29, 1.82) is 5.26 Å². The van der Waals surface area contributed by atoms with Gasteiger partial charge >= 0.3 is 0 Å². The summed E-state index contributed by atoms with van der Waals surface area (Å²) in [5.74, 6) is 1.34. The molecule has 0 fully saturated rings. The van der Waals surface area contributed by atoms with Crippen molar-refractivity contribution in [2.75, 3.05) is 24.9 Å². The van der Waals surface area contributed by atoms with Crippen LogP contribution in [0.1, 0.15) is 28.5 Å². The molecule has 172 valence electrons. The number of benzene rings is 1. The Hall–Kier alpha value is -4.65. The molecule has 1 amide bonds. The van der Waals surface area contributed by atoms with Gasteiger partial charge in [-0.05, 0) is 30.2 Å². The number of imidazole rings is 1. The van der Waals surface area contributed by atoms with E-state index in [1.54, 1.807) is 43.9 Å². The number of hydrogen-bond acceptors (Lipinski definition) is 8. The van der Waals surface area contributed by atoms with Crippen molar-refractivity contribution in [2.45, 2.75) is 13.3 Å². The molecule has 0 unspecified atom stereocenters. The number of aromatic nitrogens is 4. The summed E-state index contributed by atoms with van der Waals surface area (Å²) in [7, 11) is 4.89. The van der Waals surface area contributed by atoms with Gasteiger partial charge < -0.3 is 24.7 Å². The zero-order valence-electron chi connectivity index (χ0n) is 19.2. The summed E-state index contributed by atoms with van der Waals surface area (Å²) in [5, 5.41) is 15.2. The number of anilines is 3. The monoisotopic (exact) mass is 457 g/mol. The second-order valence-corrected chi connectivity index (χ2v) is 7.42. The fraction of sp³-hybridized carbons (Fsp3) is 0.208. The molecule has 0 aliphatic rings. The van der Waals surface area contributed by atoms with Gasteiger partial charge in [-0.3, -0.25) is 4.79 Å². The van der Waals surface area contributed by atoms with Crippen molar-refractivity contribution >= 4 is 34.3 Å². The van der Waals surface area contributed by atoms with E-state index >= 15 is 0 Å². The van der Waals surface area contributed by atoms with E-state index in [0.717, 1.165) is 16.8 Å². The summed E-state index contributed by atoms with van der Waals surface area (Å²) < 4.78 is 12.4. The van der Waals surface area contributed by atoms with Crippen LogP contribution in [0.3, 0.4) is 0 Å². The maximum absolute atomic E-state index is 13.1. The Labute approximate surface area is 196 Å². The molecule has 10 heteroatoms. The number of carbonyl (C=O) groups excluding carboxylic acids is 1. The van der Waals surface area contributed by atoms with Crippen LogP contribution in [0.5, 0.6) is 11.5 Å². The summed E-state index contributed by atoms with van der Waals surface area (Å²) in [6.07, 6.45) is 3.96. The van der Waals surface area contributed by atoms with Crippen molar-refractivity contribution in [2.24, 2.45) is 7.05 Å². The Kier molecular flexibility index (Phi) is 6.27. The maximum atomic E-state index is 13.1. The van der Waals surface area contributed by atoms with Gasteiger partial charge in [-0.15, -0.1) is 0 Å². The average molecular weight is 457 g/mol. The zero-order chi connectivity index (χ0) is 24.2. The first-order valence-corrected chi connectivity index (χ1v) is 10.5. The van der Waals surface area contributed by atoms with Crippen molar-refractivity contribution in [1.82, 2.24) is 19.5 Å². The summed E-state index contributed by atoms with van der Waals surface area (Å²) >= 11 is 0. The van der Waals surface area contributed by atoms with Crippen molar-refractivity contribution < 1.29 is 14.3 Å². The number of nitrogens with one attached hydrogen (secondary N) is 2. The minimum absolute atomic E-state index is 0.295. The predicted octanol–water partition coefficient (Wildman–Crippen LogP) is 3.81. The highest BCUT2D eigenvalue weighted by Gasteiger charge is 2.18. The molecule has 2 N–H and O–H groups in total. The molecule has 3 heterocycles. The van der Waals surface area contributed by atoms with E-state index in [1.807, 2.05) is 24.6 Å². The van der Waals surface area contributed by atoms with Crippen LogP contribution >= 0.6 is 0 Å². The van der Waals surface area contributed by atoms with Gasteiger partial charge in [-0.2, -0.15) is 5.26 Å². The quantitative estimate of drug-likeness (QED) is 0.429. The summed E-state index contributed by atoms with van der Waals surface area (Å²) in [4.78, 5) is 26.3. The number of ether oxygens (including phenoxy) is 2. The van der Waals surface area contributed by atoms with E-state index in [2.05, 4.69) is 31.7 Å². The van der Waals surface area contributed by atoms with Gasteiger partial charge in [0.2, 0.25) is 0 Å². The number of amides is 1. The number of hydrogen-bond donors (Lipinski definition) is 2. The first kappa shape index (κ1) is 22.5. The van der Waals surface area contributed by atoms with Crippen molar-refractivity contribution in [3.05, 3.63) is 59.7 Å². The molecule has 0 bridgehead atoms. The van der Waals surface area contributed by atoms with E-state index in [0.29, 0.717) is 46.3 Å². The number of carbonyl (C=O) groups is 1. The van der Waals surface area contributed by atoms with E-state index in [4.69, 9.17) is 14.7 Å². The standard InChI is InChI=1S/C24H23N7O3/c1-5-14-8-15(11-25)26-12-18(14)28-21-10-19-22(27-13-31(19)2)23(29-21)30-24(32)17-7-6-16(33-3)9-20(17)34-4/h6-10,12-13H,5H2,1-4H3,(H2,28,29,30,32). The molecule has 0 atom stereocenters. The molecule has 0 saturated carbocycles. The van der Waals surface area contributed by atoms with Crippen LogP contribution in [-0.4, -0.2) is 39.6 Å². The SMILES string of the molecule is CCc1cc(C#N)ncc1Nc1cc2c(ncn2C)c(NC(=O)c2ccc(OC)cc2OC)n1. The highest BCUT2D eigenvalue weighted by Crippen LogP contribution is 2.29. The van der Waals surface area contributed by atoms with Gasteiger partial charge in [0, 0.05) is 19.2 Å². The lowest BCUT2D eigenvalue weighted by molar-refractivity contribution is 0.102. The van der Waals surface area contributed by atoms with E-state index < -0.39 is 5.91 Å². The molecule has 3 aromatic heterocycles. The van der Waals surface area contributed by atoms with Crippen LogP contribution in [0.25, 0.3) is 11.0 Å². The van der Waals surface area contributed by atoms with E-state index in [1.165, 1.54) is 7.11 Å². The molecule has 0 aliphatic carbocycles.